The maximum atomic E-state index is 13.8. The summed E-state index contributed by atoms with van der Waals surface area (Å²) in [5.41, 5.74) is 0.702. The minimum Gasteiger partial charge on any atom is -0.497 e. The van der Waals surface area contributed by atoms with Gasteiger partial charge in [0.1, 0.15) is 23.6 Å². The number of rotatable bonds is 7. The van der Waals surface area contributed by atoms with Gasteiger partial charge in [0.25, 0.3) is 11.8 Å². The maximum Gasteiger partial charge on any atom is 0.253 e. The molecule has 3 amide bonds. The number of hydrogen-bond acceptors (Lipinski definition) is 6. The van der Waals surface area contributed by atoms with Crippen LogP contribution < -0.4 is 15.0 Å². The molecule has 0 radical (unpaired) electrons. The van der Waals surface area contributed by atoms with E-state index >= 15 is 0 Å². The highest BCUT2D eigenvalue weighted by molar-refractivity contribution is 5.97. The number of furan rings is 1. The van der Waals surface area contributed by atoms with Crippen molar-refractivity contribution in [2.24, 2.45) is 0 Å². The van der Waals surface area contributed by atoms with E-state index in [9.17, 15) is 14.4 Å². The van der Waals surface area contributed by atoms with E-state index < -0.39 is 5.54 Å². The van der Waals surface area contributed by atoms with Crippen molar-refractivity contribution in [1.29, 1.82) is 0 Å². The lowest BCUT2D eigenvalue weighted by Crippen LogP contribution is -2.57. The maximum absolute atomic E-state index is 13.8. The van der Waals surface area contributed by atoms with Crippen LogP contribution in [0.5, 0.6) is 5.75 Å². The third kappa shape index (κ3) is 4.89. The van der Waals surface area contributed by atoms with Gasteiger partial charge < -0.3 is 29.2 Å². The fraction of sp³-hybridized carbons (Fsp3) is 0.321. The Morgan fingerprint density at radius 1 is 1.00 bits per heavy atom. The van der Waals surface area contributed by atoms with E-state index in [0.29, 0.717) is 49.7 Å². The van der Waals surface area contributed by atoms with E-state index in [1.165, 1.54) is 0 Å². The lowest BCUT2D eigenvalue weighted by Gasteiger charge is -2.43. The van der Waals surface area contributed by atoms with E-state index in [1.54, 1.807) is 59.6 Å². The SMILES string of the molecule is COc1ccc(C(=O)N2CCC3(CC2)C(=O)N(CC(=O)NCc2ccco2)CN3c2ccccc2)cc1. The van der Waals surface area contributed by atoms with E-state index in [4.69, 9.17) is 9.15 Å². The molecule has 192 valence electrons. The molecule has 9 heteroatoms. The quantitative estimate of drug-likeness (QED) is 0.534. The predicted octanol–water partition coefficient (Wildman–Crippen LogP) is 2.89. The average molecular weight is 503 g/mol. The van der Waals surface area contributed by atoms with Crippen molar-refractivity contribution < 1.29 is 23.5 Å². The molecule has 2 aliphatic heterocycles. The molecule has 9 nitrogen and oxygen atoms in total. The van der Waals surface area contributed by atoms with Crippen LogP contribution in [-0.4, -0.2) is 66.5 Å². The number of ether oxygens (including phenoxy) is 1. The van der Waals surface area contributed by atoms with Gasteiger partial charge >= 0.3 is 0 Å². The van der Waals surface area contributed by atoms with Crippen LogP contribution in [0.25, 0.3) is 0 Å². The van der Waals surface area contributed by atoms with Crippen LogP contribution >= 0.6 is 0 Å². The monoisotopic (exact) mass is 502 g/mol. The number of likely N-dealkylation sites (tertiary alicyclic amines) is 1. The molecule has 0 atom stereocenters. The molecule has 0 unspecified atom stereocenters. The van der Waals surface area contributed by atoms with Crippen LogP contribution in [-0.2, 0) is 16.1 Å². The zero-order valence-electron chi connectivity index (χ0n) is 20.8. The summed E-state index contributed by atoms with van der Waals surface area (Å²) in [7, 11) is 1.59. The Balaban J connectivity index is 1.30. The summed E-state index contributed by atoms with van der Waals surface area (Å²) in [6.07, 6.45) is 2.51. The van der Waals surface area contributed by atoms with Crippen molar-refractivity contribution >= 4 is 23.4 Å². The minimum atomic E-state index is -0.806. The van der Waals surface area contributed by atoms with Crippen molar-refractivity contribution in [1.82, 2.24) is 15.1 Å². The fourth-order valence-electron chi connectivity index (χ4n) is 5.15. The Labute approximate surface area is 215 Å². The normalized spacial score (nSPS) is 16.8. The van der Waals surface area contributed by atoms with E-state index in [-0.39, 0.29) is 30.8 Å². The summed E-state index contributed by atoms with van der Waals surface area (Å²) in [4.78, 5) is 45.1. The van der Waals surface area contributed by atoms with E-state index in [0.717, 1.165) is 5.69 Å². The zero-order chi connectivity index (χ0) is 25.8. The molecule has 2 aromatic carbocycles. The van der Waals surface area contributed by atoms with Gasteiger partial charge in [0.2, 0.25) is 5.91 Å². The second-order valence-electron chi connectivity index (χ2n) is 9.32. The first-order valence-corrected chi connectivity index (χ1v) is 12.3. The molecule has 2 saturated heterocycles. The number of benzene rings is 2. The molecule has 1 N–H and O–H groups in total. The van der Waals surface area contributed by atoms with Crippen LogP contribution in [0.2, 0.25) is 0 Å². The molecule has 5 rings (SSSR count). The van der Waals surface area contributed by atoms with Gasteiger partial charge in [0.05, 0.1) is 26.6 Å². The van der Waals surface area contributed by atoms with Crippen LogP contribution in [0.4, 0.5) is 5.69 Å². The molecule has 2 aliphatic rings. The first-order chi connectivity index (χ1) is 18.0. The summed E-state index contributed by atoms with van der Waals surface area (Å²) in [5, 5.41) is 2.82. The fourth-order valence-corrected chi connectivity index (χ4v) is 5.15. The van der Waals surface area contributed by atoms with Gasteiger partial charge in [0, 0.05) is 24.3 Å². The summed E-state index contributed by atoms with van der Waals surface area (Å²) < 4.78 is 10.5. The molecule has 0 saturated carbocycles. The van der Waals surface area contributed by atoms with Gasteiger partial charge in [-0.25, -0.2) is 0 Å². The molecular formula is C28H30N4O5. The first kappa shape index (κ1) is 24.4. The Kier molecular flexibility index (Phi) is 6.85. The van der Waals surface area contributed by atoms with E-state index in [1.807, 2.05) is 30.3 Å². The van der Waals surface area contributed by atoms with E-state index in [2.05, 4.69) is 10.2 Å². The van der Waals surface area contributed by atoms with Gasteiger partial charge in [-0.15, -0.1) is 0 Å². The van der Waals surface area contributed by atoms with Crippen LogP contribution in [0.15, 0.2) is 77.4 Å². The number of para-hydroxylation sites is 1. The standard InChI is InChI=1S/C28H30N4O5/c1-36-23-11-9-21(10-12-23)26(34)30-15-13-28(14-16-30)27(35)31(20-32(28)22-6-3-2-4-7-22)19-25(33)29-18-24-8-5-17-37-24/h2-12,17H,13-16,18-20H2,1H3,(H,29,33). The van der Waals surface area contributed by atoms with Gasteiger partial charge in [-0.2, -0.15) is 0 Å². The number of carbonyl (C=O) groups excluding carboxylic acids is 3. The van der Waals surface area contributed by atoms with Crippen molar-refractivity contribution in [3.8, 4) is 5.75 Å². The topological polar surface area (TPSA) is 95.3 Å². The molecule has 37 heavy (non-hydrogen) atoms. The number of amides is 3. The lowest BCUT2D eigenvalue weighted by molar-refractivity contribution is -0.137. The smallest absolute Gasteiger partial charge is 0.253 e. The third-order valence-corrected chi connectivity index (χ3v) is 7.17. The predicted molar refractivity (Wildman–Crippen MR) is 137 cm³/mol. The lowest BCUT2D eigenvalue weighted by atomic mass is 9.85. The third-order valence-electron chi connectivity index (χ3n) is 7.17. The Bertz CT molecular complexity index is 1240. The van der Waals surface area contributed by atoms with Gasteiger partial charge in [-0.1, -0.05) is 18.2 Å². The molecule has 0 aliphatic carbocycles. The molecule has 3 heterocycles. The number of nitrogens with zero attached hydrogens (tertiary/aromatic N) is 3. The van der Waals surface area contributed by atoms with Crippen LogP contribution in [0.3, 0.4) is 0 Å². The molecular weight excluding hydrogens is 472 g/mol. The molecule has 0 bridgehead atoms. The number of anilines is 1. The number of carbonyl (C=O) groups is 3. The van der Waals surface area contributed by atoms with Gasteiger partial charge in [-0.3, -0.25) is 14.4 Å². The Hall–Kier alpha value is -4.27. The first-order valence-electron chi connectivity index (χ1n) is 12.3. The molecule has 1 aromatic heterocycles. The Morgan fingerprint density at radius 2 is 1.73 bits per heavy atom. The highest BCUT2D eigenvalue weighted by Crippen LogP contribution is 2.39. The van der Waals surface area contributed by atoms with Crippen LogP contribution in [0, 0.1) is 0 Å². The van der Waals surface area contributed by atoms with Crippen molar-refractivity contribution in [3.05, 3.63) is 84.3 Å². The summed E-state index contributed by atoms with van der Waals surface area (Å²) in [6.45, 7) is 1.42. The summed E-state index contributed by atoms with van der Waals surface area (Å²) >= 11 is 0. The number of nitrogens with one attached hydrogen (secondary N) is 1. The number of hydrogen-bond donors (Lipinski definition) is 1. The summed E-state index contributed by atoms with van der Waals surface area (Å²) in [6, 6.07) is 20.4. The zero-order valence-corrected chi connectivity index (χ0v) is 20.8. The highest BCUT2D eigenvalue weighted by Gasteiger charge is 2.54. The van der Waals surface area contributed by atoms with Crippen molar-refractivity contribution in [2.45, 2.75) is 24.9 Å². The second kappa shape index (κ2) is 10.4. The molecule has 2 fully saturated rings. The Morgan fingerprint density at radius 3 is 2.38 bits per heavy atom. The van der Waals surface area contributed by atoms with Crippen molar-refractivity contribution in [3.63, 3.8) is 0 Å². The minimum absolute atomic E-state index is 0.0425. The highest BCUT2D eigenvalue weighted by atomic mass is 16.5. The number of methoxy groups -OCH3 is 1. The van der Waals surface area contributed by atoms with Gasteiger partial charge in [-0.05, 0) is 61.4 Å². The second-order valence-corrected chi connectivity index (χ2v) is 9.32. The largest absolute Gasteiger partial charge is 0.497 e. The molecule has 3 aromatic rings. The van der Waals surface area contributed by atoms with Crippen molar-refractivity contribution in [2.75, 3.05) is 38.3 Å². The summed E-state index contributed by atoms with van der Waals surface area (Å²) in [5.74, 6) is 0.946. The molecule has 1 spiro atoms. The average Bonchev–Trinajstić information content (AvgIpc) is 3.56. The number of piperidine rings is 1. The van der Waals surface area contributed by atoms with Crippen LogP contribution in [0.1, 0.15) is 29.0 Å². The van der Waals surface area contributed by atoms with Gasteiger partial charge in [0.15, 0.2) is 0 Å².